The van der Waals surface area contributed by atoms with Gasteiger partial charge in [0.1, 0.15) is 11.6 Å². The maximum Gasteiger partial charge on any atom is 0.166 e. The number of morpholine rings is 1. The topological polar surface area (TPSA) is 49.7 Å². The molecule has 1 aromatic heterocycles. The number of halogens is 1. The van der Waals surface area contributed by atoms with Crippen molar-refractivity contribution in [3.05, 3.63) is 59.8 Å². The van der Waals surface area contributed by atoms with Crippen LogP contribution < -0.4 is 10.6 Å². The Hall–Kier alpha value is -1.96. The maximum atomic E-state index is 13.3. The summed E-state index contributed by atoms with van der Waals surface area (Å²) in [4.78, 5) is 2.33. The fourth-order valence-electron chi connectivity index (χ4n) is 2.86. The summed E-state index contributed by atoms with van der Waals surface area (Å²) in [7, 11) is 0. The zero-order chi connectivity index (χ0) is 17.5. The van der Waals surface area contributed by atoms with Gasteiger partial charge < -0.3 is 19.8 Å². The molecule has 1 aliphatic rings. The fraction of sp³-hybridized carbons (Fsp3) is 0.389. The lowest BCUT2D eigenvalue weighted by Gasteiger charge is -2.35. The number of ether oxygens (including phenoxy) is 1. The smallest absolute Gasteiger partial charge is 0.166 e. The highest BCUT2D eigenvalue weighted by Gasteiger charge is 2.22. The predicted molar refractivity (Wildman–Crippen MR) is 97.7 cm³/mol. The van der Waals surface area contributed by atoms with E-state index in [2.05, 4.69) is 15.5 Å². The summed E-state index contributed by atoms with van der Waals surface area (Å²) < 4.78 is 24.0. The molecule has 2 heterocycles. The number of hydrogen-bond acceptors (Lipinski definition) is 4. The number of nitrogens with zero attached hydrogens (tertiary/aromatic N) is 1. The van der Waals surface area contributed by atoms with Crippen molar-refractivity contribution in [2.75, 3.05) is 32.8 Å². The maximum absolute atomic E-state index is 13.3. The van der Waals surface area contributed by atoms with Crippen molar-refractivity contribution >= 4 is 17.3 Å². The molecule has 2 aromatic rings. The molecular formula is C18H22FN3O2S. The van der Waals surface area contributed by atoms with Crippen molar-refractivity contribution in [3.63, 3.8) is 0 Å². The van der Waals surface area contributed by atoms with Gasteiger partial charge in [-0.3, -0.25) is 4.90 Å². The van der Waals surface area contributed by atoms with E-state index in [1.165, 1.54) is 12.1 Å². The first-order valence-corrected chi connectivity index (χ1v) is 8.74. The van der Waals surface area contributed by atoms with Crippen molar-refractivity contribution in [3.8, 4) is 0 Å². The standard InChI is InChI=1S/C18H22FN3O2S/c19-15-5-3-14(4-6-15)17(22-7-10-23-11-8-22)13-21-18(25)20-12-16-2-1-9-24-16/h1-6,9,17H,7-8,10-13H2,(H2,20,21,25)/t17-/m0/s1. The zero-order valence-corrected chi connectivity index (χ0v) is 14.7. The Bertz CT molecular complexity index is 657. The summed E-state index contributed by atoms with van der Waals surface area (Å²) in [5.41, 5.74) is 1.06. The lowest BCUT2D eigenvalue weighted by molar-refractivity contribution is 0.0170. The van der Waals surface area contributed by atoms with Gasteiger partial charge in [0, 0.05) is 19.6 Å². The van der Waals surface area contributed by atoms with Gasteiger partial charge in [-0.2, -0.15) is 0 Å². The minimum atomic E-state index is -0.229. The monoisotopic (exact) mass is 363 g/mol. The van der Waals surface area contributed by atoms with Crippen molar-refractivity contribution in [1.82, 2.24) is 15.5 Å². The van der Waals surface area contributed by atoms with Gasteiger partial charge in [-0.05, 0) is 42.0 Å². The molecule has 3 rings (SSSR count). The third-order valence-electron chi connectivity index (χ3n) is 4.20. The number of benzene rings is 1. The number of thiocarbonyl (C=S) groups is 1. The van der Waals surface area contributed by atoms with Crippen LogP contribution in [0.2, 0.25) is 0 Å². The average molecular weight is 363 g/mol. The Labute approximate surface area is 152 Å². The van der Waals surface area contributed by atoms with E-state index in [1.54, 1.807) is 6.26 Å². The molecule has 0 saturated carbocycles. The highest BCUT2D eigenvalue weighted by atomic mass is 32.1. The van der Waals surface area contributed by atoms with Gasteiger partial charge in [0.25, 0.3) is 0 Å². The molecule has 1 saturated heterocycles. The van der Waals surface area contributed by atoms with E-state index < -0.39 is 0 Å². The minimum absolute atomic E-state index is 0.105. The second-order valence-electron chi connectivity index (χ2n) is 5.86. The second kappa shape index (κ2) is 8.94. The third kappa shape index (κ3) is 5.26. The Balaban J connectivity index is 1.58. The van der Waals surface area contributed by atoms with Crippen LogP contribution in [0.1, 0.15) is 17.4 Å². The number of nitrogens with one attached hydrogen (secondary N) is 2. The van der Waals surface area contributed by atoms with Crippen molar-refractivity contribution in [2.24, 2.45) is 0 Å². The van der Waals surface area contributed by atoms with Crippen LogP contribution in [0.15, 0.2) is 47.1 Å². The van der Waals surface area contributed by atoms with Gasteiger partial charge in [0.05, 0.1) is 32.1 Å². The summed E-state index contributed by atoms with van der Waals surface area (Å²) in [6.07, 6.45) is 1.64. The lowest BCUT2D eigenvalue weighted by Crippen LogP contribution is -2.45. The third-order valence-corrected chi connectivity index (χ3v) is 4.49. The molecule has 0 aliphatic carbocycles. The first-order valence-electron chi connectivity index (χ1n) is 8.34. The van der Waals surface area contributed by atoms with Crippen LogP contribution in [0.5, 0.6) is 0 Å². The second-order valence-corrected chi connectivity index (χ2v) is 6.27. The van der Waals surface area contributed by atoms with Crippen LogP contribution in [-0.2, 0) is 11.3 Å². The van der Waals surface area contributed by atoms with E-state index in [1.807, 2.05) is 24.3 Å². The van der Waals surface area contributed by atoms with Gasteiger partial charge in [0.15, 0.2) is 5.11 Å². The molecular weight excluding hydrogens is 341 g/mol. The summed E-state index contributed by atoms with van der Waals surface area (Å²) in [6, 6.07) is 10.5. The minimum Gasteiger partial charge on any atom is -0.467 e. The van der Waals surface area contributed by atoms with E-state index in [4.69, 9.17) is 21.4 Å². The summed E-state index contributed by atoms with van der Waals surface area (Å²) >= 11 is 5.35. The highest BCUT2D eigenvalue weighted by molar-refractivity contribution is 7.80. The predicted octanol–water partition coefficient (Wildman–Crippen LogP) is 2.46. The van der Waals surface area contributed by atoms with E-state index in [0.717, 1.165) is 24.4 Å². The molecule has 0 bridgehead atoms. The molecule has 1 atom stereocenters. The van der Waals surface area contributed by atoms with Crippen molar-refractivity contribution in [2.45, 2.75) is 12.6 Å². The van der Waals surface area contributed by atoms with E-state index in [9.17, 15) is 4.39 Å². The van der Waals surface area contributed by atoms with Crippen LogP contribution in [0, 0.1) is 5.82 Å². The first-order chi connectivity index (χ1) is 12.2. The van der Waals surface area contributed by atoms with Crippen LogP contribution in [0.25, 0.3) is 0 Å². The summed E-state index contributed by atoms with van der Waals surface area (Å²) in [5.74, 6) is 0.598. The van der Waals surface area contributed by atoms with Gasteiger partial charge in [-0.15, -0.1) is 0 Å². The summed E-state index contributed by atoms with van der Waals surface area (Å²) in [6.45, 7) is 4.28. The zero-order valence-electron chi connectivity index (χ0n) is 13.9. The Morgan fingerprint density at radius 2 is 1.92 bits per heavy atom. The molecule has 7 heteroatoms. The van der Waals surface area contributed by atoms with Crippen LogP contribution in [-0.4, -0.2) is 42.9 Å². The number of rotatable bonds is 6. The van der Waals surface area contributed by atoms with Crippen LogP contribution in [0.4, 0.5) is 4.39 Å². The molecule has 1 aromatic carbocycles. The Morgan fingerprint density at radius 1 is 1.16 bits per heavy atom. The SMILES string of the molecule is Fc1ccc([C@H](CNC(=S)NCc2ccco2)N2CCOCC2)cc1. The largest absolute Gasteiger partial charge is 0.467 e. The van der Waals surface area contributed by atoms with Crippen molar-refractivity contribution in [1.29, 1.82) is 0 Å². The summed E-state index contributed by atoms with van der Waals surface area (Å²) in [5, 5.41) is 6.95. The molecule has 1 aliphatic heterocycles. The fourth-order valence-corrected chi connectivity index (χ4v) is 3.02. The molecule has 5 nitrogen and oxygen atoms in total. The van der Waals surface area contributed by atoms with Crippen LogP contribution in [0.3, 0.4) is 0 Å². The van der Waals surface area contributed by atoms with Gasteiger partial charge in [-0.1, -0.05) is 12.1 Å². The highest BCUT2D eigenvalue weighted by Crippen LogP contribution is 2.21. The Morgan fingerprint density at radius 3 is 2.60 bits per heavy atom. The normalized spacial score (nSPS) is 16.4. The van der Waals surface area contributed by atoms with Crippen LogP contribution >= 0.6 is 12.2 Å². The molecule has 1 fully saturated rings. The van der Waals surface area contributed by atoms with E-state index >= 15 is 0 Å². The first kappa shape index (κ1) is 17.8. The molecule has 0 unspecified atom stereocenters. The average Bonchev–Trinajstić information content (AvgIpc) is 3.16. The van der Waals surface area contributed by atoms with E-state index in [-0.39, 0.29) is 11.9 Å². The van der Waals surface area contributed by atoms with Gasteiger partial charge in [0.2, 0.25) is 0 Å². The lowest BCUT2D eigenvalue weighted by atomic mass is 10.0. The van der Waals surface area contributed by atoms with Crippen molar-refractivity contribution < 1.29 is 13.5 Å². The molecule has 134 valence electrons. The number of furan rings is 1. The van der Waals surface area contributed by atoms with Gasteiger partial charge in [-0.25, -0.2) is 4.39 Å². The Kier molecular flexibility index (Phi) is 6.38. The number of hydrogen-bond donors (Lipinski definition) is 2. The molecule has 25 heavy (non-hydrogen) atoms. The molecule has 2 N–H and O–H groups in total. The quantitative estimate of drug-likeness (QED) is 0.769. The molecule has 0 radical (unpaired) electrons. The molecule has 0 spiro atoms. The molecule has 0 amide bonds. The van der Waals surface area contributed by atoms with E-state index in [0.29, 0.717) is 31.4 Å². The van der Waals surface area contributed by atoms with Gasteiger partial charge >= 0.3 is 0 Å².